The van der Waals surface area contributed by atoms with Gasteiger partial charge in [-0.25, -0.2) is 4.79 Å². The van der Waals surface area contributed by atoms with Crippen LogP contribution in [0.2, 0.25) is 0 Å². The summed E-state index contributed by atoms with van der Waals surface area (Å²) < 4.78 is 5.58. The molecule has 2 rings (SSSR count). The Morgan fingerprint density at radius 3 is 2.22 bits per heavy atom. The summed E-state index contributed by atoms with van der Waals surface area (Å²) in [5.41, 5.74) is 2.76. The Morgan fingerprint density at radius 2 is 1.78 bits per heavy atom. The molecule has 0 saturated carbocycles. The summed E-state index contributed by atoms with van der Waals surface area (Å²) >= 11 is 0. The minimum atomic E-state index is -0.449. The minimum absolute atomic E-state index is 0.295. The van der Waals surface area contributed by atoms with Crippen molar-refractivity contribution in [3.8, 4) is 0 Å². The van der Waals surface area contributed by atoms with Crippen molar-refractivity contribution in [3.63, 3.8) is 0 Å². The molecule has 0 amide bonds. The summed E-state index contributed by atoms with van der Waals surface area (Å²) in [6.45, 7) is 9.29. The number of benzene rings is 1. The topological polar surface area (TPSA) is 26.3 Å². The third-order valence-electron chi connectivity index (χ3n) is 3.74. The van der Waals surface area contributed by atoms with Crippen LogP contribution in [0.4, 0.5) is 0 Å². The first-order valence-electron chi connectivity index (χ1n) is 6.36. The molecule has 0 N–H and O–H groups in total. The number of carbonyl (C=O) groups excluding carboxylic acids is 1. The first-order chi connectivity index (χ1) is 8.40. The van der Waals surface area contributed by atoms with Gasteiger partial charge >= 0.3 is 5.97 Å². The fraction of sp³-hybridized carbons (Fsp3) is 0.438. The van der Waals surface area contributed by atoms with Gasteiger partial charge in [0.15, 0.2) is 0 Å². The van der Waals surface area contributed by atoms with Gasteiger partial charge in [0, 0.05) is 11.5 Å². The largest absolute Gasteiger partial charge is 0.456 e. The molecule has 18 heavy (non-hydrogen) atoms. The second-order valence-electron chi connectivity index (χ2n) is 5.65. The van der Waals surface area contributed by atoms with E-state index in [9.17, 15) is 4.79 Å². The molecule has 0 saturated heterocycles. The van der Waals surface area contributed by atoms with E-state index in [4.69, 9.17) is 4.74 Å². The van der Waals surface area contributed by atoms with Gasteiger partial charge in [-0.05, 0) is 44.7 Å². The van der Waals surface area contributed by atoms with Crippen molar-refractivity contribution in [2.24, 2.45) is 5.92 Å². The molecule has 2 heteroatoms. The summed E-state index contributed by atoms with van der Waals surface area (Å²) in [5.74, 6) is 0.0501. The lowest BCUT2D eigenvalue weighted by molar-refractivity contribution is -0.156. The summed E-state index contributed by atoms with van der Waals surface area (Å²) in [6.07, 6.45) is 1.96. The lowest BCUT2D eigenvalue weighted by Crippen LogP contribution is -2.37. The van der Waals surface area contributed by atoms with Crippen LogP contribution >= 0.6 is 0 Å². The van der Waals surface area contributed by atoms with Crippen LogP contribution in [0.15, 0.2) is 36.4 Å². The van der Waals surface area contributed by atoms with Crippen molar-refractivity contribution in [2.75, 3.05) is 0 Å². The zero-order valence-electron chi connectivity index (χ0n) is 11.3. The number of rotatable bonds is 3. The zero-order valence-corrected chi connectivity index (χ0v) is 11.3. The maximum Gasteiger partial charge on any atom is 0.333 e. The quantitative estimate of drug-likeness (QED) is 0.602. The lowest BCUT2D eigenvalue weighted by Gasteiger charge is -2.31. The summed E-state index contributed by atoms with van der Waals surface area (Å²) in [7, 11) is 0. The highest BCUT2D eigenvalue weighted by Crippen LogP contribution is 2.35. The van der Waals surface area contributed by atoms with E-state index in [2.05, 4.69) is 30.8 Å². The Balaban J connectivity index is 2.10. The Hall–Kier alpha value is -1.57. The number of esters is 1. The average molecular weight is 244 g/mol. The standard InChI is InChI=1S/C16H20O2/c1-11(2)15(17)18-16(3,4)14-9-12-7-5-6-8-13(12)10-14/h5-8,14H,1,9-10H2,2-4H3. The molecule has 1 aliphatic carbocycles. The number of carbonyl (C=O) groups is 1. The van der Waals surface area contributed by atoms with Gasteiger partial charge in [0.25, 0.3) is 0 Å². The average Bonchev–Trinajstić information content (AvgIpc) is 2.72. The number of ether oxygens (including phenoxy) is 1. The molecule has 0 bridgehead atoms. The van der Waals surface area contributed by atoms with E-state index in [0.717, 1.165) is 12.8 Å². The van der Waals surface area contributed by atoms with Crippen LogP contribution in [0.1, 0.15) is 31.9 Å². The molecule has 0 fully saturated rings. The normalized spacial score (nSPS) is 15.3. The molecule has 0 unspecified atom stereocenters. The highest BCUT2D eigenvalue weighted by Gasteiger charge is 2.37. The van der Waals surface area contributed by atoms with Crippen molar-refractivity contribution < 1.29 is 9.53 Å². The lowest BCUT2D eigenvalue weighted by atomic mass is 9.88. The third-order valence-corrected chi connectivity index (χ3v) is 3.74. The fourth-order valence-corrected chi connectivity index (χ4v) is 2.46. The molecular weight excluding hydrogens is 224 g/mol. The van der Waals surface area contributed by atoms with Crippen molar-refractivity contribution in [3.05, 3.63) is 47.5 Å². The Morgan fingerprint density at radius 1 is 1.28 bits per heavy atom. The van der Waals surface area contributed by atoms with Gasteiger partial charge in [0.2, 0.25) is 0 Å². The van der Waals surface area contributed by atoms with Crippen molar-refractivity contribution in [1.29, 1.82) is 0 Å². The van der Waals surface area contributed by atoms with E-state index in [0.29, 0.717) is 11.5 Å². The van der Waals surface area contributed by atoms with Gasteiger partial charge in [-0.1, -0.05) is 30.8 Å². The first kappa shape index (κ1) is 12.9. The van der Waals surface area contributed by atoms with Crippen molar-refractivity contribution in [2.45, 2.75) is 39.2 Å². The molecule has 0 heterocycles. The number of fused-ring (bicyclic) bond motifs is 1. The van der Waals surface area contributed by atoms with Gasteiger partial charge in [-0.15, -0.1) is 0 Å². The molecule has 1 aromatic rings. The molecule has 0 spiro atoms. The third kappa shape index (κ3) is 2.47. The Kier molecular flexibility index (Phi) is 3.29. The van der Waals surface area contributed by atoms with E-state index in [1.165, 1.54) is 11.1 Å². The van der Waals surface area contributed by atoms with E-state index >= 15 is 0 Å². The molecule has 1 aliphatic rings. The predicted molar refractivity (Wildman–Crippen MR) is 72.3 cm³/mol. The number of hydrogen-bond donors (Lipinski definition) is 0. The van der Waals surface area contributed by atoms with Gasteiger partial charge in [0.1, 0.15) is 5.60 Å². The smallest absolute Gasteiger partial charge is 0.333 e. The van der Waals surface area contributed by atoms with Crippen LogP contribution in [0.3, 0.4) is 0 Å². The van der Waals surface area contributed by atoms with Crippen LogP contribution in [0.5, 0.6) is 0 Å². The van der Waals surface area contributed by atoms with Gasteiger partial charge in [-0.2, -0.15) is 0 Å². The van der Waals surface area contributed by atoms with Crippen molar-refractivity contribution in [1.82, 2.24) is 0 Å². The van der Waals surface area contributed by atoms with Gasteiger partial charge in [0.05, 0.1) is 0 Å². The van der Waals surface area contributed by atoms with Crippen LogP contribution in [-0.4, -0.2) is 11.6 Å². The van der Waals surface area contributed by atoms with E-state index in [1.54, 1.807) is 6.92 Å². The molecule has 2 nitrogen and oxygen atoms in total. The molecule has 0 radical (unpaired) electrons. The zero-order chi connectivity index (χ0) is 13.3. The fourth-order valence-electron chi connectivity index (χ4n) is 2.46. The van der Waals surface area contributed by atoms with E-state index in [-0.39, 0.29) is 5.97 Å². The molecule has 96 valence electrons. The van der Waals surface area contributed by atoms with Crippen LogP contribution in [-0.2, 0) is 22.4 Å². The van der Waals surface area contributed by atoms with Crippen LogP contribution < -0.4 is 0 Å². The second kappa shape index (κ2) is 4.60. The Labute approximate surface area is 109 Å². The van der Waals surface area contributed by atoms with Crippen LogP contribution in [0.25, 0.3) is 0 Å². The molecular formula is C16H20O2. The molecule has 0 aliphatic heterocycles. The predicted octanol–water partition coefficient (Wildman–Crippen LogP) is 3.30. The second-order valence-corrected chi connectivity index (χ2v) is 5.65. The number of hydrogen-bond acceptors (Lipinski definition) is 2. The summed E-state index contributed by atoms with van der Waals surface area (Å²) in [6, 6.07) is 8.44. The highest BCUT2D eigenvalue weighted by molar-refractivity contribution is 5.87. The summed E-state index contributed by atoms with van der Waals surface area (Å²) in [4.78, 5) is 11.7. The Bertz CT molecular complexity index is 461. The highest BCUT2D eigenvalue weighted by atomic mass is 16.6. The van der Waals surface area contributed by atoms with Crippen molar-refractivity contribution >= 4 is 5.97 Å². The minimum Gasteiger partial charge on any atom is -0.456 e. The first-order valence-corrected chi connectivity index (χ1v) is 6.36. The molecule has 0 aromatic heterocycles. The van der Waals surface area contributed by atoms with Gasteiger partial charge in [-0.3, -0.25) is 0 Å². The van der Waals surface area contributed by atoms with E-state index in [1.807, 2.05) is 13.8 Å². The van der Waals surface area contributed by atoms with E-state index < -0.39 is 5.60 Å². The molecule has 1 aromatic carbocycles. The maximum atomic E-state index is 11.7. The van der Waals surface area contributed by atoms with Crippen LogP contribution in [0, 0.1) is 5.92 Å². The van der Waals surface area contributed by atoms with Gasteiger partial charge < -0.3 is 4.74 Å². The SMILES string of the molecule is C=C(C)C(=O)OC(C)(C)C1Cc2ccccc2C1. The maximum absolute atomic E-state index is 11.7. The summed E-state index contributed by atoms with van der Waals surface area (Å²) in [5, 5.41) is 0. The monoisotopic (exact) mass is 244 g/mol. The molecule has 0 atom stereocenters.